The number of nitrogens with zero attached hydrogens (tertiary/aromatic N) is 1. The minimum absolute atomic E-state index is 0.174. The molecular weight excluding hydrogens is 426 g/mol. The number of hydrogen-bond acceptors (Lipinski definition) is 5. The topological polar surface area (TPSA) is 79.7 Å². The Kier molecular flexibility index (Phi) is 5.51. The average Bonchev–Trinajstić information content (AvgIpc) is 3.48. The first kappa shape index (κ1) is 20.1. The van der Waals surface area contributed by atoms with Crippen molar-refractivity contribution in [1.82, 2.24) is 15.2 Å². The van der Waals surface area contributed by atoms with Crippen molar-refractivity contribution in [2.75, 3.05) is 6.79 Å². The van der Waals surface area contributed by atoms with Crippen molar-refractivity contribution in [3.05, 3.63) is 94.2 Å². The maximum Gasteiger partial charge on any atom is 0.253 e. The van der Waals surface area contributed by atoms with Crippen molar-refractivity contribution in [3.63, 3.8) is 0 Å². The van der Waals surface area contributed by atoms with Gasteiger partial charge in [0.15, 0.2) is 16.6 Å². The summed E-state index contributed by atoms with van der Waals surface area (Å²) in [4.78, 5) is 17.7. The molecule has 1 aliphatic rings. The number of furan rings is 1. The number of hydrogen-bond donors (Lipinski definition) is 2. The third-order valence-electron chi connectivity index (χ3n) is 5.28. The van der Waals surface area contributed by atoms with E-state index in [0.717, 1.165) is 16.7 Å². The molecule has 3 heterocycles. The van der Waals surface area contributed by atoms with Gasteiger partial charge in [-0.15, -0.1) is 0 Å². The van der Waals surface area contributed by atoms with Crippen LogP contribution in [0.4, 0.5) is 0 Å². The fourth-order valence-electron chi connectivity index (χ4n) is 3.64. The van der Waals surface area contributed by atoms with Gasteiger partial charge in [0.05, 0.1) is 24.9 Å². The standard InChI is InChI=1S/C24H21N3O4S/c28-23-18(9-17-10-21-22(31-15-30-21)11-20(17)26-23)13-27(14-19-7-4-8-29-19)24(32)25-12-16-5-2-1-3-6-16/h1-11H,12-15H2,(H,25,32)(H,26,28). The van der Waals surface area contributed by atoms with Crippen LogP contribution in [0.25, 0.3) is 10.9 Å². The minimum atomic E-state index is -0.174. The number of benzene rings is 2. The lowest BCUT2D eigenvalue weighted by Crippen LogP contribution is -2.39. The molecule has 0 saturated heterocycles. The lowest BCUT2D eigenvalue weighted by Gasteiger charge is -2.25. The van der Waals surface area contributed by atoms with Gasteiger partial charge in [-0.3, -0.25) is 4.79 Å². The van der Waals surface area contributed by atoms with Gasteiger partial charge in [0.25, 0.3) is 5.56 Å². The Hall–Kier alpha value is -3.78. The van der Waals surface area contributed by atoms with E-state index in [0.29, 0.717) is 47.3 Å². The van der Waals surface area contributed by atoms with Gasteiger partial charge in [0.1, 0.15) is 5.76 Å². The number of pyridine rings is 1. The molecule has 5 rings (SSSR count). The molecule has 1 aliphatic heterocycles. The van der Waals surface area contributed by atoms with Gasteiger partial charge in [0, 0.05) is 23.6 Å². The largest absolute Gasteiger partial charge is 0.467 e. The maximum atomic E-state index is 12.8. The van der Waals surface area contributed by atoms with E-state index < -0.39 is 0 Å². The zero-order chi connectivity index (χ0) is 21.9. The Labute approximate surface area is 189 Å². The van der Waals surface area contributed by atoms with Crippen molar-refractivity contribution in [2.45, 2.75) is 19.6 Å². The van der Waals surface area contributed by atoms with Crippen LogP contribution in [0.5, 0.6) is 11.5 Å². The van der Waals surface area contributed by atoms with Gasteiger partial charge in [0.2, 0.25) is 6.79 Å². The van der Waals surface area contributed by atoms with Gasteiger partial charge in [-0.2, -0.15) is 0 Å². The molecule has 0 atom stereocenters. The number of aromatic nitrogens is 1. The summed E-state index contributed by atoms with van der Waals surface area (Å²) < 4.78 is 16.4. The monoisotopic (exact) mass is 447 g/mol. The Morgan fingerprint density at radius 2 is 1.84 bits per heavy atom. The van der Waals surface area contributed by atoms with Crippen LogP contribution in [-0.2, 0) is 19.6 Å². The summed E-state index contributed by atoms with van der Waals surface area (Å²) in [6, 6.07) is 19.3. The molecule has 2 aromatic heterocycles. The number of fused-ring (bicyclic) bond motifs is 2. The van der Waals surface area contributed by atoms with Crippen molar-refractivity contribution in [1.29, 1.82) is 0 Å². The highest BCUT2D eigenvalue weighted by molar-refractivity contribution is 7.80. The average molecular weight is 448 g/mol. The summed E-state index contributed by atoms with van der Waals surface area (Å²) in [5, 5.41) is 4.69. The van der Waals surface area contributed by atoms with Gasteiger partial charge < -0.3 is 29.1 Å². The summed E-state index contributed by atoms with van der Waals surface area (Å²) in [6.45, 7) is 1.53. The second kappa shape index (κ2) is 8.76. The Morgan fingerprint density at radius 1 is 1.03 bits per heavy atom. The highest BCUT2D eigenvalue weighted by Crippen LogP contribution is 2.35. The Bertz CT molecular complexity index is 1300. The second-order valence-corrected chi connectivity index (χ2v) is 7.88. The highest BCUT2D eigenvalue weighted by atomic mass is 32.1. The molecule has 4 aromatic rings. The number of nitrogens with one attached hydrogen (secondary N) is 2. The van der Waals surface area contributed by atoms with E-state index in [2.05, 4.69) is 10.3 Å². The van der Waals surface area contributed by atoms with Crippen LogP contribution in [0, 0.1) is 0 Å². The fraction of sp³-hybridized carbons (Fsp3) is 0.167. The summed E-state index contributed by atoms with van der Waals surface area (Å²) in [5.74, 6) is 2.06. The molecule has 0 saturated carbocycles. The Morgan fingerprint density at radius 3 is 2.62 bits per heavy atom. The predicted octanol–water partition coefficient (Wildman–Crippen LogP) is 3.93. The highest BCUT2D eigenvalue weighted by Gasteiger charge is 2.18. The number of H-pyrrole nitrogens is 1. The molecule has 0 spiro atoms. The molecule has 0 amide bonds. The van der Waals surface area contributed by atoms with Gasteiger partial charge >= 0.3 is 0 Å². The quantitative estimate of drug-likeness (QED) is 0.434. The molecule has 162 valence electrons. The van der Waals surface area contributed by atoms with Crippen molar-refractivity contribution >= 4 is 28.2 Å². The molecule has 0 bridgehead atoms. The van der Waals surface area contributed by atoms with Gasteiger partial charge in [-0.05, 0) is 42.0 Å². The van der Waals surface area contributed by atoms with Gasteiger partial charge in [-0.1, -0.05) is 30.3 Å². The van der Waals surface area contributed by atoms with Crippen LogP contribution in [0.15, 0.2) is 76.1 Å². The summed E-state index contributed by atoms with van der Waals surface area (Å²) in [7, 11) is 0. The van der Waals surface area contributed by atoms with Crippen molar-refractivity contribution in [2.24, 2.45) is 0 Å². The second-order valence-electron chi connectivity index (χ2n) is 7.50. The number of thiocarbonyl (C=S) groups is 1. The summed E-state index contributed by atoms with van der Waals surface area (Å²) in [6.07, 6.45) is 1.62. The van der Waals surface area contributed by atoms with Crippen molar-refractivity contribution in [3.8, 4) is 11.5 Å². The molecule has 0 fully saturated rings. The normalized spacial score (nSPS) is 12.1. The molecular formula is C24H21N3O4S. The maximum absolute atomic E-state index is 12.8. The van der Waals surface area contributed by atoms with Crippen LogP contribution in [-0.4, -0.2) is 21.8 Å². The first-order chi connectivity index (χ1) is 15.7. The van der Waals surface area contributed by atoms with E-state index in [9.17, 15) is 4.79 Å². The number of aromatic amines is 1. The summed E-state index contributed by atoms with van der Waals surface area (Å²) >= 11 is 5.68. The lowest BCUT2D eigenvalue weighted by atomic mass is 10.1. The lowest BCUT2D eigenvalue weighted by molar-refractivity contribution is 0.174. The fourth-order valence-corrected chi connectivity index (χ4v) is 3.84. The van der Waals surface area contributed by atoms with Crippen LogP contribution >= 0.6 is 12.2 Å². The van der Waals surface area contributed by atoms with Gasteiger partial charge in [-0.25, -0.2) is 0 Å². The van der Waals surface area contributed by atoms with E-state index in [4.69, 9.17) is 26.1 Å². The van der Waals surface area contributed by atoms with E-state index >= 15 is 0 Å². The molecule has 0 radical (unpaired) electrons. The molecule has 2 N–H and O–H groups in total. The van der Waals surface area contributed by atoms with Crippen LogP contribution in [0.2, 0.25) is 0 Å². The number of rotatable bonds is 6. The zero-order valence-corrected chi connectivity index (χ0v) is 18.0. The van der Waals surface area contributed by atoms with Crippen LogP contribution in [0.1, 0.15) is 16.9 Å². The summed E-state index contributed by atoms with van der Waals surface area (Å²) in [5.41, 5.74) is 2.23. The molecule has 32 heavy (non-hydrogen) atoms. The first-order valence-electron chi connectivity index (χ1n) is 10.2. The molecule has 8 heteroatoms. The Balaban J connectivity index is 1.40. The SMILES string of the molecule is O=c1[nH]c2cc3c(cc2cc1CN(Cc1ccco1)C(=S)NCc1ccccc1)OCO3. The molecule has 7 nitrogen and oxygen atoms in total. The minimum Gasteiger partial charge on any atom is -0.467 e. The molecule has 2 aromatic carbocycles. The van der Waals surface area contributed by atoms with E-state index in [1.807, 2.05) is 59.5 Å². The third kappa shape index (κ3) is 4.31. The first-order valence-corrected chi connectivity index (χ1v) is 10.6. The van der Waals surface area contributed by atoms with Crippen LogP contribution in [0.3, 0.4) is 0 Å². The third-order valence-corrected chi connectivity index (χ3v) is 5.68. The predicted molar refractivity (Wildman–Crippen MR) is 125 cm³/mol. The number of ether oxygens (including phenoxy) is 2. The van der Waals surface area contributed by atoms with Crippen molar-refractivity contribution < 1.29 is 13.9 Å². The zero-order valence-electron chi connectivity index (χ0n) is 17.2. The van der Waals surface area contributed by atoms with E-state index in [1.165, 1.54) is 0 Å². The van der Waals surface area contributed by atoms with Crippen LogP contribution < -0.4 is 20.3 Å². The smallest absolute Gasteiger partial charge is 0.253 e. The van der Waals surface area contributed by atoms with E-state index in [1.54, 1.807) is 12.3 Å². The molecule has 0 aliphatic carbocycles. The van der Waals surface area contributed by atoms with E-state index in [-0.39, 0.29) is 12.4 Å². The molecule has 0 unspecified atom stereocenters.